The summed E-state index contributed by atoms with van der Waals surface area (Å²) in [5, 5.41) is 0.528. The van der Waals surface area contributed by atoms with Gasteiger partial charge < -0.3 is 4.90 Å². The Morgan fingerprint density at radius 1 is 1.35 bits per heavy atom. The molecule has 2 aromatic rings. The molecule has 0 atom stereocenters. The van der Waals surface area contributed by atoms with Gasteiger partial charge in [0.1, 0.15) is 5.82 Å². The molecule has 0 radical (unpaired) electrons. The maximum absolute atomic E-state index is 12.7. The van der Waals surface area contributed by atoms with Crippen LogP contribution < -0.4 is 0 Å². The van der Waals surface area contributed by atoms with Gasteiger partial charge in [-0.25, -0.2) is 9.97 Å². The smallest absolute Gasteiger partial charge is 0.256 e. The number of rotatable bonds is 3. The summed E-state index contributed by atoms with van der Waals surface area (Å²) < 4.78 is 0. The van der Waals surface area contributed by atoms with E-state index in [-0.39, 0.29) is 5.91 Å². The maximum atomic E-state index is 12.7. The van der Waals surface area contributed by atoms with Gasteiger partial charge in [0.05, 0.1) is 22.8 Å². The van der Waals surface area contributed by atoms with Gasteiger partial charge in [-0.05, 0) is 24.5 Å². The molecule has 0 aliphatic carbocycles. The Labute approximate surface area is 141 Å². The number of amides is 1. The number of benzene rings is 1. The van der Waals surface area contributed by atoms with Gasteiger partial charge in [0, 0.05) is 24.7 Å². The van der Waals surface area contributed by atoms with Crippen molar-refractivity contribution in [1.82, 2.24) is 14.9 Å². The van der Waals surface area contributed by atoms with Crippen LogP contribution in [0.15, 0.2) is 24.4 Å². The number of hydrogen-bond donors (Lipinski definition) is 0. The van der Waals surface area contributed by atoms with Crippen molar-refractivity contribution < 1.29 is 4.79 Å². The van der Waals surface area contributed by atoms with Crippen molar-refractivity contribution in [3.63, 3.8) is 0 Å². The molecule has 1 aromatic heterocycles. The summed E-state index contributed by atoms with van der Waals surface area (Å²) in [5.41, 5.74) is 3.44. The van der Waals surface area contributed by atoms with E-state index in [0.29, 0.717) is 29.6 Å². The Hall–Kier alpha value is -1.94. The zero-order chi connectivity index (χ0) is 16.6. The summed E-state index contributed by atoms with van der Waals surface area (Å²) in [6, 6.07) is 5.54. The average molecular weight is 330 g/mol. The summed E-state index contributed by atoms with van der Waals surface area (Å²) in [6.45, 7) is 7.26. The average Bonchev–Trinajstić information content (AvgIpc) is 2.92. The number of fused-ring (bicyclic) bond motifs is 1. The van der Waals surface area contributed by atoms with Crippen LogP contribution >= 0.6 is 11.6 Å². The van der Waals surface area contributed by atoms with Gasteiger partial charge in [-0.2, -0.15) is 0 Å². The largest absolute Gasteiger partial charge is 0.328 e. The van der Waals surface area contributed by atoms with Crippen LogP contribution in [0, 0.1) is 12.8 Å². The fourth-order valence-corrected chi connectivity index (χ4v) is 2.99. The van der Waals surface area contributed by atoms with Gasteiger partial charge in [-0.15, -0.1) is 0 Å². The maximum Gasteiger partial charge on any atom is 0.256 e. The molecule has 0 bridgehead atoms. The molecule has 0 fully saturated rings. The predicted octanol–water partition coefficient (Wildman–Crippen LogP) is 3.79. The summed E-state index contributed by atoms with van der Waals surface area (Å²) in [7, 11) is 0. The SMILES string of the molecule is Cc1cccc(C(=O)N2Cc3cnc(CC(C)C)nc3C2)c1Cl. The van der Waals surface area contributed by atoms with Crippen LogP contribution in [0.3, 0.4) is 0 Å². The van der Waals surface area contributed by atoms with Crippen LogP contribution in [0.1, 0.15) is 46.9 Å². The van der Waals surface area contributed by atoms with E-state index in [1.807, 2.05) is 25.3 Å². The first-order valence-electron chi connectivity index (χ1n) is 7.83. The molecule has 23 heavy (non-hydrogen) atoms. The standard InChI is InChI=1S/C18H20ClN3O/c1-11(2)7-16-20-8-13-9-22(10-15(13)21-16)18(23)14-6-4-5-12(3)17(14)19/h4-6,8,11H,7,9-10H2,1-3H3. The molecule has 0 saturated heterocycles. The molecule has 4 nitrogen and oxygen atoms in total. The molecule has 5 heteroatoms. The fraction of sp³-hybridized carbons (Fsp3) is 0.389. The van der Waals surface area contributed by atoms with E-state index in [1.165, 1.54) is 0 Å². The van der Waals surface area contributed by atoms with E-state index in [0.717, 1.165) is 29.1 Å². The van der Waals surface area contributed by atoms with E-state index in [4.69, 9.17) is 11.6 Å². The fourth-order valence-electron chi connectivity index (χ4n) is 2.78. The minimum Gasteiger partial charge on any atom is -0.328 e. The molecule has 0 N–H and O–H groups in total. The van der Waals surface area contributed by atoms with Crippen LogP contribution in [-0.2, 0) is 19.5 Å². The van der Waals surface area contributed by atoms with Crippen molar-refractivity contribution >= 4 is 17.5 Å². The predicted molar refractivity (Wildman–Crippen MR) is 90.3 cm³/mol. The summed E-state index contributed by atoms with van der Waals surface area (Å²) in [5.74, 6) is 1.31. The third kappa shape index (κ3) is 3.22. The number of hydrogen-bond acceptors (Lipinski definition) is 3. The van der Waals surface area contributed by atoms with Crippen LogP contribution in [0.2, 0.25) is 5.02 Å². The number of aryl methyl sites for hydroxylation is 1. The Morgan fingerprint density at radius 2 is 2.13 bits per heavy atom. The molecule has 3 rings (SSSR count). The lowest BCUT2D eigenvalue weighted by molar-refractivity contribution is 0.0750. The first kappa shape index (κ1) is 15.9. The lowest BCUT2D eigenvalue weighted by Gasteiger charge is -2.16. The molecular formula is C18H20ClN3O. The van der Waals surface area contributed by atoms with Crippen LogP contribution in [0.25, 0.3) is 0 Å². The molecule has 1 aromatic carbocycles. The highest BCUT2D eigenvalue weighted by atomic mass is 35.5. The van der Waals surface area contributed by atoms with Crippen molar-refractivity contribution in [2.24, 2.45) is 5.92 Å². The van der Waals surface area contributed by atoms with E-state index >= 15 is 0 Å². The van der Waals surface area contributed by atoms with E-state index < -0.39 is 0 Å². The number of halogens is 1. The summed E-state index contributed by atoms with van der Waals surface area (Å²) >= 11 is 6.28. The third-order valence-electron chi connectivity index (χ3n) is 4.01. The lowest BCUT2D eigenvalue weighted by Crippen LogP contribution is -2.25. The number of carbonyl (C=O) groups is 1. The highest BCUT2D eigenvalue weighted by Crippen LogP contribution is 2.27. The minimum absolute atomic E-state index is 0.0536. The zero-order valence-corrected chi connectivity index (χ0v) is 14.4. The molecule has 120 valence electrons. The van der Waals surface area contributed by atoms with Crippen molar-refractivity contribution in [1.29, 1.82) is 0 Å². The van der Waals surface area contributed by atoms with Crippen LogP contribution in [0.5, 0.6) is 0 Å². The molecular weight excluding hydrogens is 310 g/mol. The Morgan fingerprint density at radius 3 is 2.87 bits per heavy atom. The molecule has 2 heterocycles. The number of aromatic nitrogens is 2. The molecule has 1 aliphatic rings. The molecule has 0 spiro atoms. The van der Waals surface area contributed by atoms with E-state index in [1.54, 1.807) is 11.0 Å². The van der Waals surface area contributed by atoms with Crippen molar-refractivity contribution in [2.45, 2.75) is 40.3 Å². The van der Waals surface area contributed by atoms with E-state index in [9.17, 15) is 4.79 Å². The monoisotopic (exact) mass is 329 g/mol. The van der Waals surface area contributed by atoms with Gasteiger partial charge in [0.25, 0.3) is 5.91 Å². The van der Waals surface area contributed by atoms with Gasteiger partial charge in [-0.3, -0.25) is 4.79 Å². The Balaban J connectivity index is 1.81. The van der Waals surface area contributed by atoms with Gasteiger partial charge in [0.15, 0.2) is 0 Å². The summed E-state index contributed by atoms with van der Waals surface area (Å²) in [4.78, 5) is 23.6. The van der Waals surface area contributed by atoms with Gasteiger partial charge >= 0.3 is 0 Å². The Kier molecular flexibility index (Phi) is 4.35. The second-order valence-electron chi connectivity index (χ2n) is 6.45. The topological polar surface area (TPSA) is 46.1 Å². The van der Waals surface area contributed by atoms with Crippen molar-refractivity contribution in [2.75, 3.05) is 0 Å². The zero-order valence-electron chi connectivity index (χ0n) is 13.6. The second kappa shape index (κ2) is 6.28. The quantitative estimate of drug-likeness (QED) is 0.860. The molecule has 0 unspecified atom stereocenters. The lowest BCUT2D eigenvalue weighted by atomic mass is 10.1. The van der Waals surface area contributed by atoms with Gasteiger partial charge in [0.2, 0.25) is 0 Å². The van der Waals surface area contributed by atoms with Crippen LogP contribution in [-0.4, -0.2) is 20.8 Å². The number of carbonyl (C=O) groups excluding carboxylic acids is 1. The second-order valence-corrected chi connectivity index (χ2v) is 6.83. The molecule has 1 amide bonds. The van der Waals surface area contributed by atoms with Gasteiger partial charge in [-0.1, -0.05) is 37.6 Å². The van der Waals surface area contributed by atoms with E-state index in [2.05, 4.69) is 23.8 Å². The first-order valence-corrected chi connectivity index (χ1v) is 8.21. The van der Waals surface area contributed by atoms with Crippen LogP contribution in [0.4, 0.5) is 0 Å². The molecule has 1 aliphatic heterocycles. The number of nitrogens with zero attached hydrogens (tertiary/aromatic N) is 3. The highest BCUT2D eigenvalue weighted by molar-refractivity contribution is 6.34. The first-order chi connectivity index (χ1) is 11.0. The van der Waals surface area contributed by atoms with Crippen molar-refractivity contribution in [3.05, 3.63) is 57.6 Å². The minimum atomic E-state index is -0.0536. The van der Waals surface area contributed by atoms with Crippen molar-refractivity contribution in [3.8, 4) is 0 Å². The summed E-state index contributed by atoms with van der Waals surface area (Å²) in [6.07, 6.45) is 2.70. The molecule has 0 saturated carbocycles. The Bertz CT molecular complexity index is 758. The highest BCUT2D eigenvalue weighted by Gasteiger charge is 2.27. The third-order valence-corrected chi connectivity index (χ3v) is 4.51. The normalized spacial score (nSPS) is 13.5.